The van der Waals surface area contributed by atoms with Crippen LogP contribution in [0.25, 0.3) is 21.8 Å². The minimum atomic E-state index is -0.323. The van der Waals surface area contributed by atoms with Crippen LogP contribution in [-0.4, -0.2) is 30.9 Å². The molecule has 0 aliphatic rings. The number of hydrogen-bond donors (Lipinski definition) is 1. The Morgan fingerprint density at radius 3 is 2.50 bits per heavy atom. The minimum absolute atomic E-state index is 0.323. The summed E-state index contributed by atoms with van der Waals surface area (Å²) in [5, 5.41) is 6.50. The third-order valence-electron chi connectivity index (χ3n) is 5.14. The van der Waals surface area contributed by atoms with E-state index in [1.165, 1.54) is 28.9 Å². The summed E-state index contributed by atoms with van der Waals surface area (Å²) in [5.41, 5.74) is 6.31. The molecule has 0 aliphatic heterocycles. The van der Waals surface area contributed by atoms with Gasteiger partial charge < -0.3 is 14.0 Å². The molecule has 0 saturated heterocycles. The summed E-state index contributed by atoms with van der Waals surface area (Å²) in [6.45, 7) is 3.05. The Hall–Kier alpha value is -3.80. The summed E-state index contributed by atoms with van der Waals surface area (Å²) in [6.07, 6.45) is 1.65. The molecule has 0 fully saturated rings. The number of nitrogens with zero attached hydrogens (tertiary/aromatic N) is 2. The lowest BCUT2D eigenvalue weighted by Gasteiger charge is -2.08. The molecule has 1 heterocycles. The van der Waals surface area contributed by atoms with E-state index in [2.05, 4.69) is 52.3 Å². The van der Waals surface area contributed by atoms with Gasteiger partial charge in [-0.1, -0.05) is 24.3 Å². The first-order valence-corrected chi connectivity index (χ1v) is 9.72. The van der Waals surface area contributed by atoms with Gasteiger partial charge in [0.1, 0.15) is 0 Å². The van der Waals surface area contributed by atoms with Crippen LogP contribution in [0.15, 0.2) is 65.8 Å². The number of hydrazone groups is 1. The highest BCUT2D eigenvalue weighted by Crippen LogP contribution is 2.29. The van der Waals surface area contributed by atoms with Gasteiger partial charge in [-0.25, -0.2) is 5.43 Å². The van der Waals surface area contributed by atoms with E-state index in [1.807, 2.05) is 12.1 Å². The summed E-state index contributed by atoms with van der Waals surface area (Å²) < 4.78 is 12.7. The van der Waals surface area contributed by atoms with Crippen LogP contribution >= 0.6 is 0 Å². The molecule has 30 heavy (non-hydrogen) atoms. The van der Waals surface area contributed by atoms with Crippen molar-refractivity contribution in [3.63, 3.8) is 0 Å². The zero-order chi connectivity index (χ0) is 21.1. The van der Waals surface area contributed by atoms with Crippen molar-refractivity contribution in [1.82, 2.24) is 9.99 Å². The number of rotatable bonds is 6. The normalized spacial score (nSPS) is 11.3. The summed E-state index contributed by atoms with van der Waals surface area (Å²) in [7, 11) is 3.08. The Balaban J connectivity index is 1.57. The Kier molecular flexibility index (Phi) is 5.39. The molecule has 3 aromatic carbocycles. The molecule has 152 valence electrons. The number of fused-ring (bicyclic) bond motifs is 3. The Bertz CT molecular complexity index is 1260. The van der Waals surface area contributed by atoms with Gasteiger partial charge in [-0.05, 0) is 48.9 Å². The van der Waals surface area contributed by atoms with Crippen molar-refractivity contribution in [2.45, 2.75) is 13.5 Å². The summed E-state index contributed by atoms with van der Waals surface area (Å²) in [5.74, 6) is 0.736. The molecule has 0 unspecified atom stereocenters. The predicted octanol–water partition coefficient (Wildman–Crippen LogP) is 4.60. The maximum Gasteiger partial charge on any atom is 0.271 e. The Morgan fingerprint density at radius 2 is 1.73 bits per heavy atom. The van der Waals surface area contributed by atoms with Crippen molar-refractivity contribution in [2.75, 3.05) is 14.2 Å². The molecule has 6 nitrogen and oxygen atoms in total. The molecule has 1 N–H and O–H groups in total. The lowest BCUT2D eigenvalue weighted by molar-refractivity contribution is 0.0954. The zero-order valence-electron chi connectivity index (χ0n) is 17.2. The van der Waals surface area contributed by atoms with Crippen molar-refractivity contribution < 1.29 is 14.3 Å². The van der Waals surface area contributed by atoms with Gasteiger partial charge in [0, 0.05) is 33.9 Å². The number of amides is 1. The Morgan fingerprint density at radius 1 is 0.967 bits per heavy atom. The highest BCUT2D eigenvalue weighted by atomic mass is 16.5. The predicted molar refractivity (Wildman–Crippen MR) is 120 cm³/mol. The number of carbonyl (C=O) groups is 1. The van der Waals surface area contributed by atoms with E-state index in [0.717, 1.165) is 12.1 Å². The van der Waals surface area contributed by atoms with Crippen LogP contribution in [0.1, 0.15) is 22.8 Å². The molecule has 0 radical (unpaired) electrons. The number of nitrogens with one attached hydrogen (secondary N) is 1. The van der Waals surface area contributed by atoms with Crippen LogP contribution in [-0.2, 0) is 6.54 Å². The molecule has 0 saturated carbocycles. The molecule has 1 aromatic heterocycles. The molecule has 6 heteroatoms. The monoisotopic (exact) mass is 401 g/mol. The van der Waals surface area contributed by atoms with E-state index >= 15 is 0 Å². The fraction of sp³-hybridized carbons (Fsp3) is 0.167. The standard InChI is InChI=1S/C24H23N3O3/c1-4-27-20-8-6-5-7-18(20)19-13-16(9-11-21(19)27)15-25-26-24(28)17-10-12-22(29-2)23(14-17)30-3/h5-15H,4H2,1-3H3,(H,26,28). The molecule has 0 atom stereocenters. The van der Waals surface area contributed by atoms with Crippen LogP contribution in [0.4, 0.5) is 0 Å². The first kappa shape index (κ1) is 19.5. The van der Waals surface area contributed by atoms with E-state index in [-0.39, 0.29) is 5.91 Å². The largest absolute Gasteiger partial charge is 0.493 e. The summed E-state index contributed by atoms with van der Waals surface area (Å²) in [6, 6.07) is 19.5. The highest BCUT2D eigenvalue weighted by Gasteiger charge is 2.11. The van der Waals surface area contributed by atoms with Crippen LogP contribution < -0.4 is 14.9 Å². The average Bonchev–Trinajstić information content (AvgIpc) is 3.11. The van der Waals surface area contributed by atoms with Gasteiger partial charge in [0.05, 0.1) is 20.4 Å². The number of aryl methyl sites for hydroxylation is 1. The SMILES string of the molecule is CCn1c2ccccc2c2cc(C=NNC(=O)c3ccc(OC)c(OC)c3)ccc21. The molecule has 1 amide bonds. The first-order valence-electron chi connectivity index (χ1n) is 9.72. The van der Waals surface area contributed by atoms with Crippen LogP contribution in [0.2, 0.25) is 0 Å². The molecule has 0 bridgehead atoms. The maximum atomic E-state index is 12.4. The first-order chi connectivity index (χ1) is 14.7. The van der Waals surface area contributed by atoms with Gasteiger partial charge >= 0.3 is 0 Å². The van der Waals surface area contributed by atoms with E-state index in [1.54, 1.807) is 31.5 Å². The quantitative estimate of drug-likeness (QED) is 0.379. The minimum Gasteiger partial charge on any atom is -0.493 e. The number of para-hydroxylation sites is 1. The van der Waals surface area contributed by atoms with Crippen molar-refractivity contribution >= 4 is 33.9 Å². The topological polar surface area (TPSA) is 64.9 Å². The van der Waals surface area contributed by atoms with Gasteiger partial charge in [-0.2, -0.15) is 5.10 Å². The third kappa shape index (κ3) is 3.48. The van der Waals surface area contributed by atoms with Crippen LogP contribution in [0.5, 0.6) is 11.5 Å². The zero-order valence-corrected chi connectivity index (χ0v) is 17.2. The van der Waals surface area contributed by atoms with Crippen molar-refractivity contribution in [1.29, 1.82) is 0 Å². The maximum absolute atomic E-state index is 12.4. The second kappa shape index (κ2) is 8.29. The number of aromatic nitrogens is 1. The van der Waals surface area contributed by atoms with Crippen LogP contribution in [0, 0.1) is 0 Å². The fourth-order valence-electron chi connectivity index (χ4n) is 3.70. The average molecular weight is 401 g/mol. The lowest BCUT2D eigenvalue weighted by Crippen LogP contribution is -2.17. The molecule has 0 spiro atoms. The number of benzene rings is 3. The summed E-state index contributed by atoms with van der Waals surface area (Å²) in [4.78, 5) is 12.4. The third-order valence-corrected chi connectivity index (χ3v) is 5.14. The number of methoxy groups -OCH3 is 2. The fourth-order valence-corrected chi connectivity index (χ4v) is 3.70. The molecule has 4 rings (SSSR count). The van der Waals surface area contributed by atoms with Gasteiger partial charge in [-0.15, -0.1) is 0 Å². The molecular weight excluding hydrogens is 378 g/mol. The Labute approximate surface area is 174 Å². The number of hydrogen-bond acceptors (Lipinski definition) is 4. The van der Waals surface area contributed by atoms with E-state index in [9.17, 15) is 4.79 Å². The van der Waals surface area contributed by atoms with E-state index in [4.69, 9.17) is 9.47 Å². The molecular formula is C24H23N3O3. The van der Waals surface area contributed by atoms with Gasteiger partial charge in [0.2, 0.25) is 0 Å². The van der Waals surface area contributed by atoms with Crippen molar-refractivity contribution in [3.8, 4) is 11.5 Å². The second-order valence-electron chi connectivity index (χ2n) is 6.81. The molecule has 4 aromatic rings. The number of ether oxygens (including phenoxy) is 2. The summed E-state index contributed by atoms with van der Waals surface area (Å²) >= 11 is 0. The van der Waals surface area contributed by atoms with Gasteiger partial charge in [0.15, 0.2) is 11.5 Å². The van der Waals surface area contributed by atoms with Gasteiger partial charge in [0.25, 0.3) is 5.91 Å². The second-order valence-corrected chi connectivity index (χ2v) is 6.81. The van der Waals surface area contributed by atoms with Crippen molar-refractivity contribution in [3.05, 3.63) is 71.8 Å². The highest BCUT2D eigenvalue weighted by molar-refractivity contribution is 6.09. The lowest BCUT2D eigenvalue weighted by atomic mass is 10.1. The van der Waals surface area contributed by atoms with Crippen molar-refractivity contribution in [2.24, 2.45) is 5.10 Å². The smallest absolute Gasteiger partial charge is 0.271 e. The van der Waals surface area contributed by atoms with Crippen LogP contribution in [0.3, 0.4) is 0 Å². The number of carbonyl (C=O) groups excluding carboxylic acids is 1. The molecule has 0 aliphatic carbocycles. The van der Waals surface area contributed by atoms with E-state index < -0.39 is 0 Å². The van der Waals surface area contributed by atoms with Gasteiger partial charge in [-0.3, -0.25) is 4.79 Å². The van der Waals surface area contributed by atoms with E-state index in [0.29, 0.717) is 17.1 Å².